The molecule has 3 aromatic heterocycles. The summed E-state index contributed by atoms with van der Waals surface area (Å²) in [5.41, 5.74) is 0.289. The van der Waals surface area contributed by atoms with Crippen molar-refractivity contribution in [2.75, 3.05) is 18.4 Å². The molecular weight excluding hydrogens is 569 g/mol. The number of benzene rings is 1. The number of anilines is 2. The third kappa shape index (κ3) is 6.17. The van der Waals surface area contributed by atoms with E-state index in [1.165, 1.54) is 36.7 Å². The summed E-state index contributed by atoms with van der Waals surface area (Å²) in [6.45, 7) is 7.91. The fourth-order valence-corrected chi connectivity index (χ4v) is 5.53. The number of rotatable bonds is 6. The van der Waals surface area contributed by atoms with E-state index < -0.39 is 41.3 Å². The Morgan fingerprint density at radius 2 is 1.88 bits per heavy atom. The standard InChI is InChI=1S/C28H30FN5O7S/c1-15-22-24(30-14-31-25(22)42-23(15)26(37)41-34-20(35)9-10-21(34)36)32-18-8-7-16(29)12-19(18)39-17-6-5-11-33(13-17)27(38)40-28(2,3)4/h7-10,12,14,17,35-36H,5-6,11,13H2,1-4H3,(H,30,31,32)/t17-/m0/s1. The van der Waals surface area contributed by atoms with E-state index in [0.717, 1.165) is 11.3 Å². The van der Waals surface area contributed by atoms with Gasteiger partial charge in [0.2, 0.25) is 11.8 Å². The summed E-state index contributed by atoms with van der Waals surface area (Å²) in [5.74, 6) is -1.65. The number of hydrogen-bond donors (Lipinski definition) is 3. The van der Waals surface area contributed by atoms with Gasteiger partial charge in [0.15, 0.2) is 0 Å². The van der Waals surface area contributed by atoms with Crippen LogP contribution in [0.15, 0.2) is 36.7 Å². The minimum Gasteiger partial charge on any atom is -0.492 e. The summed E-state index contributed by atoms with van der Waals surface area (Å²) in [6, 6.07) is 6.41. The summed E-state index contributed by atoms with van der Waals surface area (Å²) in [7, 11) is 0. The quantitative estimate of drug-likeness (QED) is 0.272. The van der Waals surface area contributed by atoms with Crippen LogP contribution in [0, 0.1) is 12.7 Å². The second kappa shape index (κ2) is 11.4. The number of likely N-dealkylation sites (tertiary alicyclic amines) is 1. The van der Waals surface area contributed by atoms with Crippen LogP contribution in [0.1, 0.15) is 48.8 Å². The number of amides is 1. The Morgan fingerprint density at radius 3 is 2.60 bits per heavy atom. The van der Waals surface area contributed by atoms with Crippen molar-refractivity contribution in [1.29, 1.82) is 0 Å². The van der Waals surface area contributed by atoms with Crippen LogP contribution in [0.25, 0.3) is 10.2 Å². The van der Waals surface area contributed by atoms with Crippen LogP contribution in [0.5, 0.6) is 17.5 Å². The number of aromatic nitrogens is 3. The first-order valence-corrected chi connectivity index (χ1v) is 14.0. The molecule has 0 aliphatic carbocycles. The molecule has 222 valence electrons. The normalized spacial score (nSPS) is 15.5. The maximum atomic E-state index is 14.3. The fraction of sp³-hybridized carbons (Fsp3) is 0.357. The maximum absolute atomic E-state index is 14.3. The van der Waals surface area contributed by atoms with Crippen molar-refractivity contribution in [2.24, 2.45) is 0 Å². The molecule has 12 nitrogen and oxygen atoms in total. The highest BCUT2D eigenvalue weighted by atomic mass is 32.1. The van der Waals surface area contributed by atoms with Gasteiger partial charge in [-0.15, -0.1) is 16.1 Å². The Kier molecular flexibility index (Phi) is 7.82. The van der Waals surface area contributed by atoms with Crippen LogP contribution in [-0.2, 0) is 4.74 Å². The molecule has 3 N–H and O–H groups in total. The predicted octanol–water partition coefficient (Wildman–Crippen LogP) is 5.14. The van der Waals surface area contributed by atoms with E-state index in [-0.39, 0.29) is 17.2 Å². The lowest BCUT2D eigenvalue weighted by atomic mass is 10.1. The van der Waals surface area contributed by atoms with Crippen molar-refractivity contribution in [2.45, 2.75) is 52.2 Å². The van der Waals surface area contributed by atoms with Gasteiger partial charge in [0.25, 0.3) is 0 Å². The number of carbonyl (C=O) groups excluding carboxylic acids is 2. The average Bonchev–Trinajstić information content (AvgIpc) is 3.43. The molecule has 5 rings (SSSR count). The Hall–Kier alpha value is -4.59. The minimum absolute atomic E-state index is 0.182. The van der Waals surface area contributed by atoms with Gasteiger partial charge in [-0.3, -0.25) is 0 Å². The first-order chi connectivity index (χ1) is 19.9. The van der Waals surface area contributed by atoms with E-state index in [0.29, 0.717) is 51.4 Å². The van der Waals surface area contributed by atoms with Crippen LogP contribution in [0.3, 0.4) is 0 Å². The number of aryl methyl sites for hydroxylation is 1. The lowest BCUT2D eigenvalue weighted by Crippen LogP contribution is -2.46. The molecule has 1 aromatic carbocycles. The molecular formula is C28H30FN5O7S. The molecule has 0 saturated carbocycles. The van der Waals surface area contributed by atoms with Gasteiger partial charge in [0.1, 0.15) is 45.1 Å². The monoisotopic (exact) mass is 599 g/mol. The van der Waals surface area contributed by atoms with Crippen molar-refractivity contribution < 1.29 is 38.5 Å². The van der Waals surface area contributed by atoms with Crippen molar-refractivity contribution >= 4 is 45.1 Å². The predicted molar refractivity (Wildman–Crippen MR) is 152 cm³/mol. The zero-order chi connectivity index (χ0) is 30.2. The highest BCUT2D eigenvalue weighted by molar-refractivity contribution is 7.20. The summed E-state index contributed by atoms with van der Waals surface area (Å²) < 4.78 is 26.6. The topological polar surface area (TPSA) is 148 Å². The van der Waals surface area contributed by atoms with Crippen LogP contribution in [-0.4, -0.2) is 66.7 Å². The summed E-state index contributed by atoms with van der Waals surface area (Å²) in [4.78, 5) is 41.5. The number of carbonyl (C=O) groups is 2. The maximum Gasteiger partial charge on any atom is 0.410 e. The minimum atomic E-state index is -0.819. The molecule has 1 fully saturated rings. The van der Waals surface area contributed by atoms with Crippen LogP contribution in [0.4, 0.5) is 20.7 Å². The molecule has 0 spiro atoms. The number of nitrogens with zero attached hydrogens (tertiary/aromatic N) is 4. The molecule has 0 unspecified atom stereocenters. The van der Waals surface area contributed by atoms with Gasteiger partial charge >= 0.3 is 12.1 Å². The van der Waals surface area contributed by atoms with Gasteiger partial charge in [-0.25, -0.2) is 23.9 Å². The number of thiophene rings is 1. The van der Waals surface area contributed by atoms with Crippen LogP contribution < -0.4 is 14.9 Å². The lowest BCUT2D eigenvalue weighted by molar-refractivity contribution is 0.00780. The third-order valence-corrected chi connectivity index (χ3v) is 7.58. The van der Waals surface area contributed by atoms with E-state index in [4.69, 9.17) is 14.3 Å². The molecule has 1 aliphatic rings. The molecule has 1 saturated heterocycles. The zero-order valence-electron chi connectivity index (χ0n) is 23.4. The molecule has 1 atom stereocenters. The summed E-state index contributed by atoms with van der Waals surface area (Å²) in [6.07, 6.45) is 1.85. The smallest absolute Gasteiger partial charge is 0.410 e. The molecule has 0 bridgehead atoms. The number of halogens is 1. The van der Waals surface area contributed by atoms with E-state index in [1.54, 1.807) is 32.6 Å². The van der Waals surface area contributed by atoms with E-state index in [9.17, 15) is 24.2 Å². The van der Waals surface area contributed by atoms with Gasteiger partial charge < -0.3 is 34.7 Å². The van der Waals surface area contributed by atoms with E-state index in [1.807, 2.05) is 0 Å². The van der Waals surface area contributed by atoms with Gasteiger partial charge in [-0.1, -0.05) is 0 Å². The Morgan fingerprint density at radius 1 is 1.14 bits per heavy atom. The van der Waals surface area contributed by atoms with Gasteiger partial charge in [-0.05, 0) is 58.2 Å². The van der Waals surface area contributed by atoms with Gasteiger partial charge in [0, 0.05) is 24.7 Å². The third-order valence-electron chi connectivity index (χ3n) is 6.40. The molecule has 1 aliphatic heterocycles. The largest absolute Gasteiger partial charge is 0.492 e. The number of piperidine rings is 1. The van der Waals surface area contributed by atoms with Gasteiger partial charge in [-0.2, -0.15) is 0 Å². The highest BCUT2D eigenvalue weighted by Gasteiger charge is 2.29. The number of fused-ring (bicyclic) bond motifs is 1. The SMILES string of the molecule is Cc1c(C(=O)On2c(O)ccc2O)sc2ncnc(Nc3ccc(F)cc3O[C@H]3CCCN(C(=O)OC(C)(C)C)C3)c12. The molecule has 1 amide bonds. The Balaban J connectivity index is 1.38. The first kappa shape index (κ1) is 28.9. The van der Waals surface area contributed by atoms with Crippen molar-refractivity contribution in [1.82, 2.24) is 19.6 Å². The second-order valence-corrected chi connectivity index (χ2v) is 11.8. The average molecular weight is 600 g/mol. The van der Waals surface area contributed by atoms with Gasteiger partial charge in [0.05, 0.1) is 17.6 Å². The molecule has 4 heterocycles. The summed E-state index contributed by atoms with van der Waals surface area (Å²) in [5, 5.41) is 23.4. The second-order valence-electron chi connectivity index (χ2n) is 10.8. The summed E-state index contributed by atoms with van der Waals surface area (Å²) >= 11 is 1.05. The van der Waals surface area contributed by atoms with E-state index in [2.05, 4.69) is 15.3 Å². The Labute approximate surface area is 244 Å². The molecule has 42 heavy (non-hydrogen) atoms. The lowest BCUT2D eigenvalue weighted by Gasteiger charge is -2.34. The first-order valence-electron chi connectivity index (χ1n) is 13.2. The highest BCUT2D eigenvalue weighted by Crippen LogP contribution is 2.37. The number of ether oxygens (including phenoxy) is 2. The van der Waals surface area contributed by atoms with Crippen LogP contribution >= 0.6 is 11.3 Å². The van der Waals surface area contributed by atoms with Crippen molar-refractivity contribution in [3.63, 3.8) is 0 Å². The van der Waals surface area contributed by atoms with Crippen molar-refractivity contribution in [3.8, 4) is 17.5 Å². The van der Waals surface area contributed by atoms with E-state index >= 15 is 0 Å². The molecule has 4 aromatic rings. The fourth-order valence-electron chi connectivity index (χ4n) is 4.51. The molecule has 0 radical (unpaired) electrons. The van der Waals surface area contributed by atoms with Crippen molar-refractivity contribution in [3.05, 3.63) is 52.9 Å². The number of nitrogens with one attached hydrogen (secondary N) is 1. The number of aromatic hydroxyl groups is 2. The van der Waals surface area contributed by atoms with Crippen LogP contribution in [0.2, 0.25) is 0 Å². The molecule has 14 heteroatoms. The zero-order valence-corrected chi connectivity index (χ0v) is 24.2. The Bertz CT molecular complexity index is 1630. The number of hydrogen-bond acceptors (Lipinski definition) is 11.